The van der Waals surface area contributed by atoms with E-state index in [1.54, 1.807) is 12.5 Å². The number of hydrogen-bond donors (Lipinski definition) is 3. The maximum Gasteiger partial charge on any atom is 0.0908 e. The van der Waals surface area contributed by atoms with Gasteiger partial charge in [-0.25, -0.2) is 0 Å². The molecule has 3 aliphatic carbocycles. The number of aliphatic hydroxyl groups is 3. The Morgan fingerprint density at radius 1 is 1.16 bits per heavy atom. The second-order valence-electron chi connectivity index (χ2n) is 11.1. The molecule has 0 amide bonds. The summed E-state index contributed by atoms with van der Waals surface area (Å²) < 4.78 is 0. The maximum absolute atomic E-state index is 10.3. The Kier molecular flexibility index (Phi) is 7.71. The predicted molar refractivity (Wildman–Crippen MR) is 129 cm³/mol. The normalized spacial score (nSPS) is 38.4. The molecule has 3 heteroatoms. The van der Waals surface area contributed by atoms with Crippen molar-refractivity contribution in [2.75, 3.05) is 6.61 Å². The first-order valence-corrected chi connectivity index (χ1v) is 12.4. The van der Waals surface area contributed by atoms with Gasteiger partial charge in [0.2, 0.25) is 0 Å². The predicted octanol–water partition coefficient (Wildman–Crippen LogP) is 5.73. The van der Waals surface area contributed by atoms with Crippen molar-refractivity contribution in [1.29, 1.82) is 0 Å². The van der Waals surface area contributed by atoms with Crippen molar-refractivity contribution in [1.82, 2.24) is 0 Å². The maximum atomic E-state index is 10.3. The van der Waals surface area contributed by atoms with Crippen LogP contribution in [-0.4, -0.2) is 33.6 Å². The molecule has 3 nitrogen and oxygen atoms in total. The molecule has 7 atom stereocenters. The molecule has 174 valence electrons. The number of hydrogen-bond acceptors (Lipinski definition) is 3. The number of aliphatic hydroxyl groups excluding tert-OH is 2. The molecule has 0 aromatic carbocycles. The summed E-state index contributed by atoms with van der Waals surface area (Å²) in [6, 6.07) is 0. The van der Waals surface area contributed by atoms with E-state index in [-0.39, 0.29) is 18.6 Å². The number of allylic oxidation sites excluding steroid dienone is 5. The largest absolute Gasteiger partial charge is 0.393 e. The van der Waals surface area contributed by atoms with Gasteiger partial charge in [-0.1, -0.05) is 62.8 Å². The number of fused-ring (bicyclic) bond motifs is 1. The topological polar surface area (TPSA) is 60.7 Å². The summed E-state index contributed by atoms with van der Waals surface area (Å²) in [5.41, 5.74) is 3.26. The van der Waals surface area contributed by atoms with Crippen molar-refractivity contribution in [3.05, 3.63) is 47.6 Å². The van der Waals surface area contributed by atoms with Crippen molar-refractivity contribution in [3.8, 4) is 0 Å². The molecule has 31 heavy (non-hydrogen) atoms. The van der Waals surface area contributed by atoms with E-state index in [1.807, 2.05) is 6.92 Å². The monoisotopic (exact) mass is 428 g/mol. The molecule has 0 heterocycles. The Bertz CT molecular complexity index is 743. The first kappa shape index (κ1) is 24.5. The van der Waals surface area contributed by atoms with Crippen LogP contribution in [0.4, 0.5) is 0 Å². The highest BCUT2D eigenvalue weighted by molar-refractivity contribution is 5.36. The highest BCUT2D eigenvalue weighted by Gasteiger charge is 2.50. The fourth-order valence-electron chi connectivity index (χ4n) is 6.37. The summed E-state index contributed by atoms with van der Waals surface area (Å²) in [7, 11) is 0. The van der Waals surface area contributed by atoms with Crippen LogP contribution in [0.5, 0.6) is 0 Å². The first-order valence-electron chi connectivity index (χ1n) is 12.4. The Morgan fingerprint density at radius 3 is 2.61 bits per heavy atom. The molecular weight excluding hydrogens is 384 g/mol. The van der Waals surface area contributed by atoms with Crippen LogP contribution in [-0.2, 0) is 0 Å². The highest BCUT2D eigenvalue weighted by Crippen LogP contribution is 2.59. The second-order valence-corrected chi connectivity index (χ2v) is 11.1. The molecule has 0 aliphatic heterocycles. The Balaban J connectivity index is 1.74. The van der Waals surface area contributed by atoms with Crippen molar-refractivity contribution in [2.24, 2.45) is 29.1 Å². The van der Waals surface area contributed by atoms with Crippen LogP contribution in [0.1, 0.15) is 79.1 Å². The lowest BCUT2D eigenvalue weighted by molar-refractivity contribution is -0.0266. The molecule has 0 radical (unpaired) electrons. The Morgan fingerprint density at radius 2 is 1.90 bits per heavy atom. The average molecular weight is 429 g/mol. The van der Waals surface area contributed by atoms with Gasteiger partial charge in [0.15, 0.2) is 0 Å². The molecule has 0 bridgehead atoms. The van der Waals surface area contributed by atoms with Crippen LogP contribution in [0.3, 0.4) is 0 Å². The zero-order valence-corrected chi connectivity index (χ0v) is 20.1. The van der Waals surface area contributed by atoms with Crippen LogP contribution in [0.25, 0.3) is 0 Å². The molecule has 0 aromatic heterocycles. The summed E-state index contributed by atoms with van der Waals surface area (Å²) in [6.45, 7) is 12.5. The van der Waals surface area contributed by atoms with Gasteiger partial charge in [0.1, 0.15) is 0 Å². The van der Waals surface area contributed by atoms with E-state index < -0.39 is 5.60 Å². The minimum Gasteiger partial charge on any atom is -0.393 e. The molecule has 3 N–H and O–H groups in total. The minimum atomic E-state index is -1.07. The van der Waals surface area contributed by atoms with E-state index in [0.717, 1.165) is 19.3 Å². The molecule has 0 aromatic rings. The van der Waals surface area contributed by atoms with E-state index in [4.69, 9.17) is 0 Å². The van der Waals surface area contributed by atoms with Gasteiger partial charge >= 0.3 is 0 Å². The van der Waals surface area contributed by atoms with Crippen molar-refractivity contribution in [2.45, 2.75) is 90.8 Å². The van der Waals surface area contributed by atoms with Gasteiger partial charge in [0.25, 0.3) is 0 Å². The van der Waals surface area contributed by atoms with Crippen LogP contribution in [0.15, 0.2) is 47.6 Å². The highest BCUT2D eigenvalue weighted by atomic mass is 16.3. The van der Waals surface area contributed by atoms with Gasteiger partial charge in [0.05, 0.1) is 18.3 Å². The van der Waals surface area contributed by atoms with Crippen molar-refractivity contribution < 1.29 is 15.3 Å². The summed E-state index contributed by atoms with van der Waals surface area (Å²) in [4.78, 5) is 0. The van der Waals surface area contributed by atoms with Gasteiger partial charge in [-0.15, -0.1) is 0 Å². The zero-order valence-electron chi connectivity index (χ0n) is 20.1. The van der Waals surface area contributed by atoms with E-state index in [1.165, 1.54) is 43.3 Å². The lowest BCUT2D eigenvalue weighted by atomic mass is 9.61. The van der Waals surface area contributed by atoms with Gasteiger partial charge in [0, 0.05) is 5.92 Å². The SMILES string of the molecule is C=C1CC[C@H](O)CC1=CC=C1CCC[C@@]2(C)C1CC[C@@H]2[C@H](C)/C=C/[C@H](C)C(C)(O)CO. The van der Waals surface area contributed by atoms with E-state index in [2.05, 4.69) is 44.7 Å². The van der Waals surface area contributed by atoms with E-state index in [9.17, 15) is 15.3 Å². The lowest BCUT2D eigenvalue weighted by Crippen LogP contribution is -2.36. The first-order chi connectivity index (χ1) is 14.6. The summed E-state index contributed by atoms with van der Waals surface area (Å²) in [6.07, 6.45) is 17.5. The van der Waals surface area contributed by atoms with Crippen LogP contribution >= 0.6 is 0 Å². The second kappa shape index (κ2) is 9.77. The smallest absolute Gasteiger partial charge is 0.0908 e. The van der Waals surface area contributed by atoms with E-state index in [0.29, 0.717) is 23.2 Å². The summed E-state index contributed by atoms with van der Waals surface area (Å²) in [5.74, 6) is 1.66. The van der Waals surface area contributed by atoms with Crippen molar-refractivity contribution >= 4 is 0 Å². The fraction of sp³-hybridized carbons (Fsp3) is 0.714. The number of rotatable bonds is 6. The third kappa shape index (κ3) is 5.26. The molecule has 0 saturated heterocycles. The van der Waals surface area contributed by atoms with E-state index >= 15 is 0 Å². The van der Waals surface area contributed by atoms with Crippen LogP contribution in [0, 0.1) is 29.1 Å². The Labute approximate surface area is 189 Å². The molecule has 3 saturated carbocycles. The van der Waals surface area contributed by atoms with Gasteiger partial charge < -0.3 is 15.3 Å². The zero-order chi connectivity index (χ0) is 22.8. The van der Waals surface area contributed by atoms with Gasteiger partial charge in [-0.05, 0) is 87.0 Å². The van der Waals surface area contributed by atoms with Crippen molar-refractivity contribution in [3.63, 3.8) is 0 Å². The Hall–Kier alpha value is -1.16. The van der Waals surface area contributed by atoms with Crippen LogP contribution in [0.2, 0.25) is 0 Å². The third-order valence-electron chi connectivity index (χ3n) is 8.86. The molecule has 3 fully saturated rings. The lowest BCUT2D eigenvalue weighted by Gasteiger charge is -2.44. The van der Waals surface area contributed by atoms with Crippen LogP contribution < -0.4 is 0 Å². The fourth-order valence-corrected chi connectivity index (χ4v) is 6.37. The molecule has 3 rings (SSSR count). The minimum absolute atomic E-state index is 0.0719. The molecular formula is C28H44O3. The quantitative estimate of drug-likeness (QED) is 0.474. The summed E-state index contributed by atoms with van der Waals surface area (Å²) >= 11 is 0. The third-order valence-corrected chi connectivity index (χ3v) is 8.86. The standard InChI is InChI=1S/C28H44O3/c1-19-9-13-24(30)17-23(19)12-11-22-7-6-16-27(4)25(14-15-26(22)27)20(2)8-10-21(3)28(5,31)18-29/h8,10-12,20-21,24-26,29-31H,1,6-7,9,13-18H2,2-5H3/b10-8+,22-11?,23-12?/t20-,21+,24+,25-,26?,27-,28?/m1/s1. The van der Waals surface area contributed by atoms with Gasteiger partial charge in [-0.3, -0.25) is 0 Å². The molecule has 0 spiro atoms. The average Bonchev–Trinajstić information content (AvgIpc) is 3.09. The molecule has 3 aliphatic rings. The van der Waals surface area contributed by atoms with Gasteiger partial charge in [-0.2, -0.15) is 0 Å². The molecule has 2 unspecified atom stereocenters. The summed E-state index contributed by atoms with van der Waals surface area (Å²) in [5, 5.41) is 29.8.